The van der Waals surface area contributed by atoms with Crippen LogP contribution in [0, 0.1) is 61.2 Å². The average Bonchev–Trinajstić information content (AvgIpc) is 1.79. The number of carbonyl (C=O) groups is 3. The maximum absolute atomic E-state index is 15.0. The van der Waals surface area contributed by atoms with Gasteiger partial charge in [0, 0.05) is 97.3 Å². The smallest absolute Gasteiger partial charge is 0.421 e. The molecule has 0 unspecified atom stereocenters. The lowest BCUT2D eigenvalue weighted by atomic mass is 9.97. The molecule has 0 aliphatic rings. The maximum Gasteiger partial charge on any atom is 0.421 e. The van der Waals surface area contributed by atoms with E-state index in [1.54, 1.807) is 133 Å². The number of aromatic nitrogens is 16. The number of hydrogen-bond acceptors (Lipinski definition) is 28. The highest BCUT2D eigenvalue weighted by atomic mass is 35.5. The number of nitrogens with zero attached hydrogens (tertiary/aromatic N) is 12. The Bertz CT molecular complexity index is 7290. The van der Waals surface area contributed by atoms with E-state index in [2.05, 4.69) is 139 Å². The molecule has 710 valence electrons. The molecule has 0 aliphatic heterocycles. The van der Waals surface area contributed by atoms with Crippen LogP contribution in [-0.2, 0) is 16.0 Å². The zero-order valence-corrected chi connectivity index (χ0v) is 79.7. The molecule has 0 bridgehead atoms. The lowest BCUT2D eigenvalue weighted by Gasteiger charge is -2.17. The molecule has 3 amide bonds. The van der Waals surface area contributed by atoms with Gasteiger partial charge in [0.15, 0.2) is 50.6 Å². The van der Waals surface area contributed by atoms with Crippen LogP contribution in [0.2, 0.25) is 15.1 Å². The molecule has 43 heteroatoms. The number of alkyl halides is 3. The number of anilines is 16. The first-order valence-electron chi connectivity index (χ1n) is 41.8. The summed E-state index contributed by atoms with van der Waals surface area (Å²) in [6.07, 6.45) is 1.65. The van der Waals surface area contributed by atoms with Crippen molar-refractivity contribution in [2.24, 2.45) is 0 Å². The third-order valence-corrected chi connectivity index (χ3v) is 22.6. The van der Waals surface area contributed by atoms with Gasteiger partial charge in [0.2, 0.25) is 23.8 Å². The van der Waals surface area contributed by atoms with Gasteiger partial charge in [-0.2, -0.15) is 53.5 Å². The summed E-state index contributed by atoms with van der Waals surface area (Å²) in [6.45, 7) is 15.1. The molecule has 8 aromatic carbocycles. The van der Waals surface area contributed by atoms with Crippen LogP contribution in [0.3, 0.4) is 0 Å². The molecule has 0 spiro atoms. The van der Waals surface area contributed by atoms with Gasteiger partial charge in [-0.15, -0.1) is 0 Å². The number of hydrogen-bond donors (Lipinski definition) is 15. The Morgan fingerprint density at radius 2 is 0.674 bits per heavy atom. The normalized spacial score (nSPS) is 11.0. The van der Waals surface area contributed by atoms with Crippen LogP contribution in [0.1, 0.15) is 81.7 Å². The fraction of sp³-hybridized carbons (Fsp3) is 0.168. The first-order chi connectivity index (χ1) is 65.9. The molecule has 8 heterocycles. The molecule has 0 fully saturated rings. The number of sulfone groups is 1. The summed E-state index contributed by atoms with van der Waals surface area (Å²) in [7, 11) is 6.06. The maximum atomic E-state index is 15.0. The van der Waals surface area contributed by atoms with E-state index in [0.29, 0.717) is 125 Å². The van der Waals surface area contributed by atoms with Crippen molar-refractivity contribution in [2.75, 3.05) is 91.3 Å². The Balaban J connectivity index is 0.000000155. The van der Waals surface area contributed by atoms with Gasteiger partial charge in [0.25, 0.3) is 17.7 Å². The highest BCUT2D eigenvalue weighted by molar-refractivity contribution is 7.90. The van der Waals surface area contributed by atoms with Crippen molar-refractivity contribution in [1.29, 1.82) is 0 Å². The second-order valence-corrected chi connectivity index (χ2v) is 34.1. The quantitative estimate of drug-likeness (QED) is 0.0213. The molecule has 0 atom stereocenters. The van der Waals surface area contributed by atoms with E-state index in [4.69, 9.17) is 49.0 Å². The molecule has 15 N–H and O–H groups in total. The van der Waals surface area contributed by atoms with Gasteiger partial charge >= 0.3 is 6.18 Å². The first-order valence-corrected chi connectivity index (χ1v) is 44.9. The van der Waals surface area contributed by atoms with Gasteiger partial charge < -0.3 is 72.7 Å². The molecule has 138 heavy (non-hydrogen) atoms. The summed E-state index contributed by atoms with van der Waals surface area (Å²) < 4.78 is 96.4. The minimum Gasteiger partial charge on any atom is -0.495 e. The van der Waals surface area contributed by atoms with Crippen LogP contribution in [0.15, 0.2) is 200 Å². The number of halogens is 7. The van der Waals surface area contributed by atoms with Crippen molar-refractivity contribution in [1.82, 2.24) is 96.6 Å². The first kappa shape index (κ1) is 99.2. The summed E-state index contributed by atoms with van der Waals surface area (Å²) in [5, 5.41) is 60.3. The lowest BCUT2D eigenvalue weighted by Crippen LogP contribution is -2.17. The van der Waals surface area contributed by atoms with E-state index >= 15 is 0 Å². The second kappa shape index (κ2) is 43.8. The van der Waals surface area contributed by atoms with E-state index in [-0.39, 0.29) is 46.0 Å². The summed E-state index contributed by atoms with van der Waals surface area (Å²) in [4.78, 5) is 69.7. The number of carbonyl (C=O) groups excluding carboxylic acids is 3. The predicted molar refractivity (Wildman–Crippen MR) is 527 cm³/mol. The zero-order chi connectivity index (χ0) is 99.0. The number of aromatic amines is 4. The van der Waals surface area contributed by atoms with E-state index in [9.17, 15) is 40.4 Å². The van der Waals surface area contributed by atoms with E-state index < -0.39 is 33.2 Å². The van der Waals surface area contributed by atoms with Crippen LogP contribution in [0.25, 0.3) is 44.5 Å². The molecule has 16 aromatic rings. The van der Waals surface area contributed by atoms with E-state index in [0.717, 1.165) is 83.8 Å². The highest BCUT2D eigenvalue weighted by Crippen LogP contribution is 2.43. The Labute approximate surface area is 804 Å². The summed E-state index contributed by atoms with van der Waals surface area (Å²) in [5.74, 6) is 3.98. The number of H-pyrrole nitrogens is 4. The van der Waals surface area contributed by atoms with Crippen LogP contribution in [-0.4, -0.2) is 156 Å². The van der Waals surface area contributed by atoms with Gasteiger partial charge in [-0.05, 0) is 219 Å². The van der Waals surface area contributed by atoms with Crippen molar-refractivity contribution in [3.63, 3.8) is 0 Å². The Morgan fingerprint density at radius 3 is 1.01 bits per heavy atom. The number of amides is 3. The fourth-order valence-corrected chi connectivity index (χ4v) is 14.9. The third-order valence-electron chi connectivity index (χ3n) is 20.7. The molecule has 0 radical (unpaired) electrons. The minimum atomic E-state index is -4.67. The third kappa shape index (κ3) is 25.0. The summed E-state index contributed by atoms with van der Waals surface area (Å²) in [5.41, 5.74) is 16.3. The molecular weight excluding hydrogens is 1860 g/mol. The summed E-state index contributed by atoms with van der Waals surface area (Å²) >= 11 is 18.7. The highest BCUT2D eigenvalue weighted by Gasteiger charge is 2.36. The molecule has 0 saturated carbocycles. The number of aryl methyl sites for hydroxylation is 8. The molecule has 16 rings (SSSR count). The van der Waals surface area contributed by atoms with Crippen molar-refractivity contribution >= 4 is 155 Å². The Morgan fingerprint density at radius 1 is 0.362 bits per heavy atom. The van der Waals surface area contributed by atoms with Crippen molar-refractivity contribution in [2.45, 2.75) is 66.5 Å². The van der Waals surface area contributed by atoms with Crippen molar-refractivity contribution in [3.8, 4) is 61.8 Å². The van der Waals surface area contributed by atoms with Crippen LogP contribution in [0.5, 0.6) is 17.2 Å². The molecule has 8 aromatic heterocycles. The standard InChI is InChI=1S/C25H24F3N7O2.C24H24ClN7O2.C23H21ClFN7O.C23H23ClN6O3S/c1-13-9-19(20(37-4)11-17(13)15-5-7-16(8-6-15)23(36)29-3)31-24-30-12-18(25(26,27)28)22(33-24)32-21-10-14(2)34-35-21;1-13-8-19(20(34-4)11-17(13)15-6-5-7-16(10-15)23(33)26-3)28-24-27-12-18(25)22(30-24)29-21-9-14(2)31-32-21;1-12-8-19(18(25)10-16(12)14-4-6-15(7-5-14)22(33)26-3)28-23-27-11-17(24)21(30-23)29-20-9-13(2)31-32-20;1-13-8-19(20(33-3)11-17(13)15-6-5-7-16(10-15)34(4,31)32)26-23-25-12-18(24)22(28-23)27-21-9-14(2)29-30-21/h5-12H,1-4H3,(H,29,36)(H3,30,31,32,33,34,35);5-12H,1-4H3,(H,26,33)(H3,27,28,29,30,31,32);4-11H,1-3H3,(H,26,33)(H3,27,28,29,30,31,32);5-12H,1-4H3,(H3,25,26,27,28,29,30). The van der Waals surface area contributed by atoms with Crippen molar-refractivity contribution < 1.29 is 54.6 Å². The monoisotopic (exact) mass is 1950 g/mol. The number of rotatable bonds is 27. The van der Waals surface area contributed by atoms with E-state index in [1.165, 1.54) is 38.0 Å². The van der Waals surface area contributed by atoms with Crippen LogP contribution < -0.4 is 72.7 Å². The molecule has 0 aliphatic carbocycles. The second-order valence-electron chi connectivity index (χ2n) is 30.9. The summed E-state index contributed by atoms with van der Waals surface area (Å²) in [6, 6.07) is 49.7. The average molecular weight is 1950 g/mol. The fourth-order valence-electron chi connectivity index (χ4n) is 13.8. The molecular formula is C95H92Cl3F4N27O8S. The van der Waals surface area contributed by atoms with Gasteiger partial charge in [0.05, 0.1) is 67.6 Å². The van der Waals surface area contributed by atoms with Gasteiger partial charge in [-0.25, -0.2) is 32.7 Å². The minimum absolute atomic E-state index is 0.0665. The van der Waals surface area contributed by atoms with Gasteiger partial charge in [0.1, 0.15) is 49.5 Å². The Hall–Kier alpha value is -16.3. The predicted octanol–water partition coefficient (Wildman–Crippen LogP) is 20.5. The number of benzene rings is 8. The Kier molecular flexibility index (Phi) is 31.5. The molecule has 0 saturated heterocycles. The number of methoxy groups -OCH3 is 3. The van der Waals surface area contributed by atoms with Crippen molar-refractivity contribution in [3.05, 3.63) is 283 Å². The lowest BCUT2D eigenvalue weighted by molar-refractivity contribution is -0.137. The number of ether oxygens (including phenoxy) is 3. The topological polar surface area (TPSA) is 463 Å². The van der Waals surface area contributed by atoms with Crippen LogP contribution in [0.4, 0.5) is 111 Å². The van der Waals surface area contributed by atoms with E-state index in [1.807, 2.05) is 121 Å². The number of nitrogens with one attached hydrogen (secondary N) is 15. The van der Waals surface area contributed by atoms with Crippen LogP contribution >= 0.6 is 34.8 Å². The zero-order valence-electron chi connectivity index (χ0n) is 76.7. The molecule has 35 nitrogen and oxygen atoms in total. The van der Waals surface area contributed by atoms with Gasteiger partial charge in [-0.1, -0.05) is 83.3 Å². The SMILES string of the molecule is CNC(=O)c1ccc(-c2cc(F)c(Nc3ncc(Cl)c(Nc4cc(C)[nH]n4)n3)cc2C)cc1.CNC(=O)c1ccc(-c2cc(OC)c(Nc3ncc(C(F)(F)F)c(Nc4cc(C)[nH]n4)n3)cc2C)cc1.CNC(=O)c1cccc(-c2cc(OC)c(Nc3ncc(Cl)c(Nc4cc(C)[nH]n4)n3)cc2C)c1.COc1cc(-c2cccc(S(C)(=O)=O)c2)c(C)cc1Nc1ncc(Cl)c(Nc2cc(C)[nH]n2)n1. The van der Waals surface area contributed by atoms with Gasteiger partial charge in [-0.3, -0.25) is 34.8 Å². The largest absolute Gasteiger partial charge is 0.495 e.